The molecule has 1 rings (SSSR count). The Labute approximate surface area is 109 Å². The summed E-state index contributed by atoms with van der Waals surface area (Å²) in [6.45, 7) is 11.0. The molecule has 0 spiro atoms. The van der Waals surface area contributed by atoms with E-state index in [2.05, 4.69) is 37.6 Å². The van der Waals surface area contributed by atoms with Gasteiger partial charge in [-0.3, -0.25) is 9.88 Å². The number of thiazole rings is 1. The van der Waals surface area contributed by atoms with Crippen LogP contribution >= 0.6 is 11.3 Å². The van der Waals surface area contributed by atoms with Gasteiger partial charge in [0.1, 0.15) is 0 Å². The number of nitrogens with zero attached hydrogens (tertiary/aromatic N) is 2. The largest absolute Gasteiger partial charge is 0.326 e. The maximum absolute atomic E-state index is 6.44. The average molecular weight is 255 g/mol. The molecular weight excluding hydrogens is 230 g/mol. The van der Waals surface area contributed by atoms with Crippen molar-refractivity contribution in [2.75, 3.05) is 13.1 Å². The standard InChI is InChI=1S/C13H25N3S/c1-5-13(4,16(6-2)7-3)12(14)8-11-9-15-10-17-11/h9-10,12H,5-8,14H2,1-4H3. The van der Waals surface area contributed by atoms with Crippen LogP contribution in [0.5, 0.6) is 0 Å². The van der Waals surface area contributed by atoms with Crippen molar-refractivity contribution in [2.24, 2.45) is 5.73 Å². The van der Waals surface area contributed by atoms with Gasteiger partial charge < -0.3 is 5.73 Å². The first kappa shape index (κ1) is 14.6. The topological polar surface area (TPSA) is 42.1 Å². The lowest BCUT2D eigenvalue weighted by molar-refractivity contribution is 0.0847. The van der Waals surface area contributed by atoms with Crippen LogP contribution in [-0.2, 0) is 6.42 Å². The molecule has 0 saturated carbocycles. The van der Waals surface area contributed by atoms with Gasteiger partial charge in [0.15, 0.2) is 0 Å². The maximum atomic E-state index is 6.44. The molecule has 2 unspecified atom stereocenters. The van der Waals surface area contributed by atoms with Crippen molar-refractivity contribution in [3.05, 3.63) is 16.6 Å². The van der Waals surface area contributed by atoms with Crippen LogP contribution in [0.15, 0.2) is 11.7 Å². The molecular formula is C13H25N3S. The normalized spacial score (nSPS) is 17.1. The summed E-state index contributed by atoms with van der Waals surface area (Å²) >= 11 is 1.70. The summed E-state index contributed by atoms with van der Waals surface area (Å²) in [5.74, 6) is 0. The maximum Gasteiger partial charge on any atom is 0.0794 e. The Balaban J connectivity index is 2.77. The molecule has 0 fully saturated rings. The van der Waals surface area contributed by atoms with Crippen LogP contribution in [0.3, 0.4) is 0 Å². The molecule has 4 heteroatoms. The minimum Gasteiger partial charge on any atom is -0.326 e. The second kappa shape index (κ2) is 6.47. The smallest absolute Gasteiger partial charge is 0.0794 e. The minimum absolute atomic E-state index is 0.0769. The second-order valence-electron chi connectivity index (χ2n) is 4.66. The lowest BCUT2D eigenvalue weighted by Gasteiger charge is -2.44. The highest BCUT2D eigenvalue weighted by molar-refractivity contribution is 7.09. The first-order valence-electron chi connectivity index (χ1n) is 6.46. The fourth-order valence-corrected chi connectivity index (χ4v) is 3.10. The lowest BCUT2D eigenvalue weighted by Crippen LogP contribution is -2.58. The third kappa shape index (κ3) is 3.27. The van der Waals surface area contributed by atoms with Crippen LogP contribution in [0.4, 0.5) is 0 Å². The number of hydrogen-bond acceptors (Lipinski definition) is 4. The number of likely N-dealkylation sites (N-methyl/N-ethyl adjacent to an activating group) is 1. The summed E-state index contributed by atoms with van der Waals surface area (Å²) in [6, 6.07) is 0.160. The van der Waals surface area contributed by atoms with Crippen molar-refractivity contribution in [3.63, 3.8) is 0 Å². The van der Waals surface area contributed by atoms with Gasteiger partial charge in [-0.05, 0) is 26.4 Å². The summed E-state index contributed by atoms with van der Waals surface area (Å²) in [5.41, 5.74) is 8.40. The molecule has 0 bridgehead atoms. The Morgan fingerprint density at radius 1 is 1.41 bits per heavy atom. The van der Waals surface area contributed by atoms with Gasteiger partial charge in [-0.15, -0.1) is 11.3 Å². The molecule has 1 aromatic heterocycles. The zero-order valence-corrected chi connectivity index (χ0v) is 12.3. The van der Waals surface area contributed by atoms with E-state index in [-0.39, 0.29) is 11.6 Å². The fraction of sp³-hybridized carbons (Fsp3) is 0.769. The Morgan fingerprint density at radius 3 is 2.47 bits per heavy atom. The zero-order valence-electron chi connectivity index (χ0n) is 11.4. The molecule has 0 aliphatic heterocycles. The molecule has 1 heterocycles. The van der Waals surface area contributed by atoms with Crippen LogP contribution < -0.4 is 5.73 Å². The van der Waals surface area contributed by atoms with Crippen molar-refractivity contribution in [1.29, 1.82) is 0 Å². The predicted octanol–water partition coefficient (Wildman–Crippen LogP) is 2.52. The molecule has 3 nitrogen and oxygen atoms in total. The lowest BCUT2D eigenvalue weighted by atomic mass is 9.85. The van der Waals surface area contributed by atoms with Crippen molar-refractivity contribution < 1.29 is 0 Å². The van der Waals surface area contributed by atoms with Gasteiger partial charge in [-0.1, -0.05) is 20.8 Å². The van der Waals surface area contributed by atoms with E-state index in [1.165, 1.54) is 4.88 Å². The Kier molecular flexibility index (Phi) is 5.56. The van der Waals surface area contributed by atoms with Crippen LogP contribution in [0.2, 0.25) is 0 Å². The van der Waals surface area contributed by atoms with Crippen molar-refractivity contribution >= 4 is 11.3 Å². The molecule has 2 atom stereocenters. The van der Waals surface area contributed by atoms with Gasteiger partial charge in [0, 0.05) is 29.1 Å². The summed E-state index contributed by atoms with van der Waals surface area (Å²) in [7, 11) is 0. The molecule has 0 saturated heterocycles. The van der Waals surface area contributed by atoms with E-state index in [0.717, 1.165) is 25.9 Å². The molecule has 0 aliphatic rings. The van der Waals surface area contributed by atoms with Crippen molar-refractivity contribution in [2.45, 2.75) is 52.1 Å². The zero-order chi connectivity index (χ0) is 12.9. The van der Waals surface area contributed by atoms with Gasteiger partial charge in [0.2, 0.25) is 0 Å². The van der Waals surface area contributed by atoms with Gasteiger partial charge in [0.25, 0.3) is 0 Å². The van der Waals surface area contributed by atoms with E-state index in [0.29, 0.717) is 0 Å². The van der Waals surface area contributed by atoms with Crippen molar-refractivity contribution in [3.8, 4) is 0 Å². The average Bonchev–Trinajstić information content (AvgIpc) is 2.82. The fourth-order valence-electron chi connectivity index (χ4n) is 2.45. The molecule has 0 aliphatic carbocycles. The highest BCUT2D eigenvalue weighted by atomic mass is 32.1. The van der Waals surface area contributed by atoms with Gasteiger partial charge in [-0.2, -0.15) is 0 Å². The van der Waals surface area contributed by atoms with Crippen LogP contribution in [-0.4, -0.2) is 34.6 Å². The summed E-state index contributed by atoms with van der Waals surface area (Å²) < 4.78 is 0. The predicted molar refractivity (Wildman–Crippen MR) is 75.4 cm³/mol. The van der Waals surface area contributed by atoms with Crippen molar-refractivity contribution in [1.82, 2.24) is 9.88 Å². The Bertz CT molecular complexity index is 308. The van der Waals surface area contributed by atoms with Gasteiger partial charge >= 0.3 is 0 Å². The van der Waals surface area contributed by atoms with E-state index < -0.39 is 0 Å². The van der Waals surface area contributed by atoms with Gasteiger partial charge in [0.05, 0.1) is 5.51 Å². The highest BCUT2D eigenvalue weighted by Crippen LogP contribution is 2.25. The minimum atomic E-state index is 0.0769. The Morgan fingerprint density at radius 2 is 2.06 bits per heavy atom. The molecule has 98 valence electrons. The molecule has 1 aromatic rings. The van der Waals surface area contributed by atoms with Crippen LogP contribution in [0, 0.1) is 0 Å². The number of rotatable bonds is 7. The molecule has 2 N–H and O–H groups in total. The first-order valence-corrected chi connectivity index (χ1v) is 7.34. The summed E-state index contributed by atoms with van der Waals surface area (Å²) in [5, 5.41) is 0. The SMILES string of the molecule is CCN(CC)C(C)(CC)C(N)Cc1cncs1. The van der Waals surface area contributed by atoms with E-state index >= 15 is 0 Å². The van der Waals surface area contributed by atoms with Crippen LogP contribution in [0.25, 0.3) is 0 Å². The molecule has 0 amide bonds. The number of hydrogen-bond donors (Lipinski definition) is 1. The second-order valence-corrected chi connectivity index (χ2v) is 5.63. The quantitative estimate of drug-likeness (QED) is 0.814. The molecule has 0 radical (unpaired) electrons. The number of aromatic nitrogens is 1. The monoisotopic (exact) mass is 255 g/mol. The summed E-state index contributed by atoms with van der Waals surface area (Å²) in [4.78, 5) is 7.87. The molecule has 0 aromatic carbocycles. The Hall–Kier alpha value is -0.450. The van der Waals surface area contributed by atoms with Gasteiger partial charge in [-0.25, -0.2) is 0 Å². The highest BCUT2D eigenvalue weighted by Gasteiger charge is 2.34. The third-order valence-electron chi connectivity index (χ3n) is 3.91. The third-order valence-corrected chi connectivity index (χ3v) is 4.71. The molecule has 17 heavy (non-hydrogen) atoms. The number of nitrogens with two attached hydrogens (primary N) is 1. The van der Waals surface area contributed by atoms with Crippen LogP contribution in [0.1, 0.15) is 39.0 Å². The van der Waals surface area contributed by atoms with E-state index in [9.17, 15) is 0 Å². The van der Waals surface area contributed by atoms with E-state index in [1.807, 2.05) is 11.7 Å². The van der Waals surface area contributed by atoms with E-state index in [1.54, 1.807) is 11.3 Å². The first-order chi connectivity index (χ1) is 8.08. The summed E-state index contributed by atoms with van der Waals surface area (Å²) in [6.07, 6.45) is 3.93. The van der Waals surface area contributed by atoms with E-state index in [4.69, 9.17) is 5.73 Å².